The van der Waals surface area contributed by atoms with E-state index in [1.54, 1.807) is 0 Å². The van der Waals surface area contributed by atoms with Gasteiger partial charge in [0.05, 0.1) is 26.8 Å². The van der Waals surface area contributed by atoms with Crippen LogP contribution >= 0.6 is 0 Å². The van der Waals surface area contributed by atoms with Gasteiger partial charge in [0, 0.05) is 0 Å². The van der Waals surface area contributed by atoms with Gasteiger partial charge in [-0.05, 0) is 0 Å². The highest BCUT2D eigenvalue weighted by atomic mass is 16.6. The normalized spacial score (nSPS) is 55.4. The smallest absolute Gasteiger partial charge is 0.223 e. The zero-order valence-electron chi connectivity index (χ0n) is 28.9. The van der Waals surface area contributed by atoms with E-state index in [1.807, 2.05) is 0 Å². The van der Waals surface area contributed by atoms with Crippen molar-refractivity contribution in [3.8, 4) is 0 Å². The van der Waals surface area contributed by atoms with Gasteiger partial charge in [0.15, 0.2) is 12.4 Å². The number of rotatable bonds is 4. The summed E-state index contributed by atoms with van der Waals surface area (Å²) in [7, 11) is 0. The topological polar surface area (TPSA) is 248 Å². The molecule has 2 fully saturated rings. The molecular formula is C19H32N8O8. The van der Waals surface area contributed by atoms with Crippen LogP contribution in [0, 0.1) is 0 Å². The predicted molar refractivity (Wildman–Crippen MR) is 124 cm³/mol. The molecule has 0 aromatic rings. The molecule has 16 heteroatoms. The Balaban J connectivity index is 0.000000321. The van der Waals surface area contributed by atoms with Gasteiger partial charge in [-0.3, -0.25) is 9.80 Å². The molecule has 4 heterocycles. The highest BCUT2D eigenvalue weighted by Gasteiger charge is 2.46. The summed E-state index contributed by atoms with van der Waals surface area (Å²) in [6.45, 7) is -0.514. The fourth-order valence-corrected chi connectivity index (χ4v) is 2.53. The first kappa shape index (κ1) is 15.2. The molecule has 2 unspecified atom stereocenters. The molecule has 4 rings (SSSR count). The molecular weight excluding hydrogens is 468 g/mol. The molecule has 0 spiro atoms. The minimum atomic E-state index is -3.87. The molecule has 0 saturated carbocycles. The molecule has 35 heavy (non-hydrogen) atoms. The number of guanidine groups is 2. The number of hydrogen-bond donors (Lipinski definition) is 8. The Hall–Kier alpha value is -2.96. The molecule has 8 atom stereocenters. The van der Waals surface area contributed by atoms with E-state index in [2.05, 4.69) is 37.9 Å². The molecule has 10 N–H and O–H groups in total. The number of amidine groups is 2. The van der Waals surface area contributed by atoms with Crippen LogP contribution < -0.4 is 11.5 Å². The van der Waals surface area contributed by atoms with Gasteiger partial charge in [0.25, 0.3) is 0 Å². The van der Waals surface area contributed by atoms with Crippen LogP contribution in [0.3, 0.4) is 0 Å². The summed E-state index contributed by atoms with van der Waals surface area (Å²) in [5.74, 6) is -1.55. The van der Waals surface area contributed by atoms with E-state index in [-0.39, 0.29) is 24.1 Å². The summed E-state index contributed by atoms with van der Waals surface area (Å²) < 4.78 is 100. The lowest BCUT2D eigenvalue weighted by Gasteiger charge is -2.29. The van der Waals surface area contributed by atoms with Crippen molar-refractivity contribution in [1.82, 2.24) is 9.80 Å². The first-order chi connectivity index (χ1) is 20.4. The minimum absolute atomic E-state index is 0. The molecule has 0 radical (unpaired) electrons. The number of nitrogens with zero attached hydrogens (tertiary/aromatic N) is 6. The Morgan fingerprint density at radius 2 is 1.40 bits per heavy atom. The number of ether oxygens (including phenoxy) is 2. The average molecular weight is 513 g/mol. The molecule has 0 bridgehead atoms. The zero-order valence-corrected chi connectivity index (χ0v) is 16.9. The van der Waals surface area contributed by atoms with Crippen LogP contribution in [0.15, 0.2) is 44.8 Å². The monoisotopic (exact) mass is 512 g/mol. The summed E-state index contributed by atoms with van der Waals surface area (Å²) in [6, 6.07) is 0. The summed E-state index contributed by atoms with van der Waals surface area (Å²) in [5, 5.41) is 59.0. The van der Waals surface area contributed by atoms with E-state index in [9.17, 15) is 30.6 Å². The first-order valence-corrected chi connectivity index (χ1v) is 8.80. The molecule has 2 saturated heterocycles. The van der Waals surface area contributed by atoms with Gasteiger partial charge in [-0.15, -0.1) is 0 Å². The molecule has 4 aliphatic rings. The maximum absolute atomic E-state index is 10.2. The first-order valence-electron chi connectivity index (χ1n) is 14.8. The summed E-state index contributed by atoms with van der Waals surface area (Å²) >= 11 is 0. The maximum atomic E-state index is 10.2. The third-order valence-electron chi connectivity index (χ3n) is 4.08. The van der Waals surface area contributed by atoms with Gasteiger partial charge in [0.1, 0.15) is 63.5 Å². The Morgan fingerprint density at radius 1 is 0.914 bits per heavy atom. The van der Waals surface area contributed by atoms with Gasteiger partial charge in [0.2, 0.25) is 11.9 Å². The number of aliphatic imine (C=N–C) groups is 4. The largest absolute Gasteiger partial charge is 0.394 e. The SMILES string of the molecule is C.[2H]C1=NC(N)=NC(=C)N1[C@@H]1O[C@]([2H])(C([2H])([2H])O)[C@]([2H])(O)C1O.[2H]C1=NC(N)=NC(=C)N1[C@]1([2H])O[C@]([2H])(C([2H])([2H])O)[C@]([2H])(O)C1([2H])O. The Labute approximate surface area is 218 Å². The molecule has 16 nitrogen and oxygen atoms in total. The summed E-state index contributed by atoms with van der Waals surface area (Å²) in [6.07, 6.45) is -26.8. The summed E-state index contributed by atoms with van der Waals surface area (Å²) in [5.41, 5.74) is 10.6. The summed E-state index contributed by atoms with van der Waals surface area (Å²) in [4.78, 5) is 14.9. The second-order valence-corrected chi connectivity index (χ2v) is 6.23. The lowest BCUT2D eigenvalue weighted by atomic mass is 10.1. The van der Waals surface area contributed by atoms with Crippen molar-refractivity contribution in [3.05, 3.63) is 24.8 Å². The van der Waals surface area contributed by atoms with E-state index in [0.717, 1.165) is 0 Å². The van der Waals surface area contributed by atoms with Crippen LogP contribution in [0.2, 0.25) is 0 Å². The number of aliphatic hydroxyl groups is 6. The third-order valence-corrected chi connectivity index (χ3v) is 4.08. The van der Waals surface area contributed by atoms with Crippen molar-refractivity contribution < 1.29 is 56.6 Å². The van der Waals surface area contributed by atoms with E-state index < -0.39 is 86.5 Å². The van der Waals surface area contributed by atoms with Crippen LogP contribution in [0.4, 0.5) is 0 Å². The van der Waals surface area contributed by atoms with Crippen LogP contribution in [0.1, 0.15) is 23.9 Å². The van der Waals surface area contributed by atoms with E-state index >= 15 is 0 Å². The van der Waals surface area contributed by atoms with Crippen molar-refractivity contribution in [1.29, 1.82) is 0 Å². The van der Waals surface area contributed by atoms with Gasteiger partial charge in [-0.2, -0.15) is 9.98 Å². The minimum Gasteiger partial charge on any atom is -0.394 e. The average Bonchev–Trinajstić information content (AvgIpc) is 3.08. The van der Waals surface area contributed by atoms with E-state index in [4.69, 9.17) is 32.7 Å². The zero-order chi connectivity index (χ0) is 36.0. The van der Waals surface area contributed by atoms with Gasteiger partial charge in [-0.1, -0.05) is 20.6 Å². The standard InChI is InChI=1S/2C9H14N4O4.CH4/c2*1-4-12-9(10)11-3-13(4)8-7(16)6(15)5(2-14)17-8;/h2*3,5-8,14-16H,1-2H2,(H2,10,12);1H4/t2*5-,6+,7?,8-;/m11./s1/i2D2,3D,5D,6D,7D,8D;2D2,3D,5D,6D;. The molecule has 0 aromatic carbocycles. The van der Waals surface area contributed by atoms with Crippen molar-refractivity contribution in [2.24, 2.45) is 31.4 Å². The number of hydrogen-bond acceptors (Lipinski definition) is 16. The van der Waals surface area contributed by atoms with Crippen molar-refractivity contribution in [3.63, 3.8) is 0 Å². The number of aliphatic hydroxyl groups excluding tert-OH is 1. The fraction of sp³-hybridized carbons (Fsp3) is 0.579. The Kier molecular flexibility index (Phi) is 5.06. The Bertz CT molecular complexity index is 1450. The molecule has 0 amide bonds. The van der Waals surface area contributed by atoms with Crippen LogP contribution in [0.25, 0.3) is 0 Å². The molecule has 0 aliphatic carbocycles. The second kappa shape index (κ2) is 11.6. The maximum Gasteiger partial charge on any atom is 0.223 e. The van der Waals surface area contributed by atoms with Crippen LogP contribution in [-0.2, 0) is 9.47 Å². The molecule has 0 aromatic heterocycles. The molecule has 196 valence electrons. The van der Waals surface area contributed by atoms with E-state index in [0.29, 0.717) is 4.90 Å². The van der Waals surface area contributed by atoms with Crippen molar-refractivity contribution >= 4 is 24.5 Å². The van der Waals surface area contributed by atoms with Crippen molar-refractivity contribution in [2.45, 2.75) is 56.4 Å². The highest BCUT2D eigenvalue weighted by molar-refractivity contribution is 5.89. The van der Waals surface area contributed by atoms with Gasteiger partial charge < -0.3 is 51.6 Å². The predicted octanol–water partition coefficient (Wildman–Crippen LogP) is -4.25. The fourth-order valence-electron chi connectivity index (χ4n) is 2.53. The number of nitrogens with two attached hydrogens (primary N) is 2. The van der Waals surface area contributed by atoms with E-state index in [1.165, 1.54) is 0 Å². The third kappa shape index (κ3) is 5.82. The van der Waals surface area contributed by atoms with Crippen molar-refractivity contribution in [2.75, 3.05) is 13.1 Å². The van der Waals surface area contributed by atoms with Gasteiger partial charge >= 0.3 is 0 Å². The molecule has 4 aliphatic heterocycles. The lowest BCUT2D eigenvalue weighted by Crippen LogP contribution is -2.44. The van der Waals surface area contributed by atoms with Crippen LogP contribution in [-0.4, -0.2) is 127 Å². The quantitative estimate of drug-likeness (QED) is 0.178. The highest BCUT2D eigenvalue weighted by Crippen LogP contribution is 2.27. The van der Waals surface area contributed by atoms with Crippen LogP contribution in [0.5, 0.6) is 0 Å². The lowest BCUT2D eigenvalue weighted by molar-refractivity contribution is -0.0607. The Morgan fingerprint density at radius 3 is 1.83 bits per heavy atom. The van der Waals surface area contributed by atoms with Gasteiger partial charge in [-0.25, -0.2) is 9.98 Å². The second-order valence-electron chi connectivity index (χ2n) is 6.23.